The van der Waals surface area contributed by atoms with Crippen molar-refractivity contribution in [3.05, 3.63) is 81.8 Å². The quantitative estimate of drug-likeness (QED) is 0.503. The lowest BCUT2D eigenvalue weighted by Crippen LogP contribution is -2.54. The average Bonchev–Trinajstić information content (AvgIpc) is 2.97. The third-order valence-electron chi connectivity index (χ3n) is 5.47. The summed E-state index contributed by atoms with van der Waals surface area (Å²) in [6.07, 6.45) is 3.28. The normalized spacial score (nSPS) is 15.5. The Hall–Kier alpha value is -4.00. The van der Waals surface area contributed by atoms with Crippen LogP contribution in [0.5, 0.6) is 0 Å². The lowest BCUT2D eigenvalue weighted by atomic mass is 10.1. The molecule has 2 aromatic heterocycles. The van der Waals surface area contributed by atoms with Crippen molar-refractivity contribution < 1.29 is 14.4 Å². The molecule has 1 aliphatic rings. The number of carbonyl (C=O) groups excluding carboxylic acids is 3. The number of aryl methyl sites for hydroxylation is 4. The molecule has 0 radical (unpaired) electrons. The second-order valence-corrected chi connectivity index (χ2v) is 8.16. The van der Waals surface area contributed by atoms with Crippen LogP contribution in [0.4, 0.5) is 10.5 Å². The Kier molecular flexibility index (Phi) is 5.26. The molecule has 0 atom stereocenters. The lowest BCUT2D eigenvalue weighted by Gasteiger charge is -2.27. The van der Waals surface area contributed by atoms with Gasteiger partial charge in [-0.1, -0.05) is 6.07 Å². The van der Waals surface area contributed by atoms with Crippen LogP contribution in [0.15, 0.2) is 48.2 Å². The number of anilines is 1. The Morgan fingerprint density at radius 2 is 1.56 bits per heavy atom. The zero-order valence-corrected chi connectivity index (χ0v) is 18.7. The van der Waals surface area contributed by atoms with E-state index in [1.807, 2.05) is 63.5 Å². The van der Waals surface area contributed by atoms with E-state index < -0.39 is 17.8 Å². The first kappa shape index (κ1) is 21.2. The number of carbonyl (C=O) groups is 3. The van der Waals surface area contributed by atoms with Crippen molar-refractivity contribution in [2.75, 3.05) is 4.90 Å². The zero-order valence-electron chi connectivity index (χ0n) is 18.7. The van der Waals surface area contributed by atoms with E-state index in [0.717, 1.165) is 38.8 Å². The average molecular weight is 428 g/mol. The summed E-state index contributed by atoms with van der Waals surface area (Å²) < 4.78 is 1.97. The van der Waals surface area contributed by atoms with Gasteiger partial charge < -0.3 is 4.57 Å². The van der Waals surface area contributed by atoms with Crippen LogP contribution in [0.25, 0.3) is 11.9 Å². The first-order chi connectivity index (χ1) is 15.2. The topological polar surface area (TPSA) is 84.3 Å². The molecule has 7 heteroatoms. The third-order valence-corrected chi connectivity index (χ3v) is 5.47. The van der Waals surface area contributed by atoms with Gasteiger partial charge in [0.15, 0.2) is 0 Å². The van der Waals surface area contributed by atoms with Gasteiger partial charge >= 0.3 is 6.03 Å². The molecule has 0 bridgehead atoms. The van der Waals surface area contributed by atoms with Gasteiger partial charge in [0.25, 0.3) is 11.8 Å². The number of rotatable bonds is 3. The molecule has 162 valence electrons. The van der Waals surface area contributed by atoms with Gasteiger partial charge in [-0.15, -0.1) is 0 Å². The highest BCUT2D eigenvalue weighted by atomic mass is 16.2. The van der Waals surface area contributed by atoms with Crippen LogP contribution in [0.3, 0.4) is 0 Å². The summed E-state index contributed by atoms with van der Waals surface area (Å²) in [6, 6.07) is 10.5. The molecule has 0 aliphatic carbocycles. The van der Waals surface area contributed by atoms with Crippen molar-refractivity contribution in [3.8, 4) is 5.82 Å². The lowest BCUT2D eigenvalue weighted by molar-refractivity contribution is -0.122. The molecule has 1 saturated heterocycles. The van der Waals surface area contributed by atoms with Crippen LogP contribution in [0, 0.1) is 34.6 Å². The van der Waals surface area contributed by atoms with Crippen LogP contribution in [0.1, 0.15) is 33.6 Å². The van der Waals surface area contributed by atoms with Gasteiger partial charge in [0.1, 0.15) is 11.4 Å². The number of urea groups is 1. The Bertz CT molecular complexity index is 1300. The predicted octanol–water partition coefficient (Wildman–Crippen LogP) is 4.08. The molecule has 0 saturated carbocycles. The molecule has 3 heterocycles. The monoisotopic (exact) mass is 428 g/mol. The van der Waals surface area contributed by atoms with Crippen molar-refractivity contribution in [3.63, 3.8) is 0 Å². The molecule has 4 amide bonds. The Morgan fingerprint density at radius 3 is 2.22 bits per heavy atom. The maximum atomic E-state index is 13.2. The van der Waals surface area contributed by atoms with E-state index in [-0.39, 0.29) is 5.57 Å². The smallest absolute Gasteiger partial charge is 0.303 e. The van der Waals surface area contributed by atoms with Crippen molar-refractivity contribution in [2.45, 2.75) is 34.6 Å². The summed E-state index contributed by atoms with van der Waals surface area (Å²) in [7, 11) is 0. The molecule has 1 aromatic carbocycles. The molecule has 3 aromatic rings. The van der Waals surface area contributed by atoms with E-state index in [0.29, 0.717) is 11.3 Å². The van der Waals surface area contributed by atoms with Gasteiger partial charge in [-0.3, -0.25) is 14.9 Å². The fourth-order valence-electron chi connectivity index (χ4n) is 4.06. The van der Waals surface area contributed by atoms with E-state index in [2.05, 4.69) is 10.3 Å². The Labute approximate surface area is 186 Å². The van der Waals surface area contributed by atoms with Crippen molar-refractivity contribution in [2.24, 2.45) is 0 Å². The van der Waals surface area contributed by atoms with Crippen molar-refractivity contribution >= 4 is 29.6 Å². The minimum atomic E-state index is -0.753. The molecule has 32 heavy (non-hydrogen) atoms. The van der Waals surface area contributed by atoms with Gasteiger partial charge in [-0.05, 0) is 93.3 Å². The Balaban J connectivity index is 1.78. The molecule has 1 fully saturated rings. The predicted molar refractivity (Wildman–Crippen MR) is 123 cm³/mol. The maximum absolute atomic E-state index is 13.2. The molecular formula is C25H24N4O3. The number of hydrogen-bond donors (Lipinski definition) is 1. The highest BCUT2D eigenvalue weighted by Crippen LogP contribution is 2.26. The van der Waals surface area contributed by atoms with Gasteiger partial charge in [0.05, 0.1) is 5.69 Å². The van der Waals surface area contributed by atoms with Gasteiger partial charge in [-0.25, -0.2) is 14.7 Å². The summed E-state index contributed by atoms with van der Waals surface area (Å²) in [5, 5.41) is 2.29. The number of benzene rings is 1. The van der Waals surface area contributed by atoms with E-state index in [9.17, 15) is 14.4 Å². The number of pyridine rings is 1. The second-order valence-electron chi connectivity index (χ2n) is 8.16. The molecular weight excluding hydrogens is 404 g/mol. The molecule has 1 aliphatic heterocycles. The van der Waals surface area contributed by atoms with E-state index in [1.54, 1.807) is 18.3 Å². The molecule has 0 unspecified atom stereocenters. The number of amides is 4. The minimum absolute atomic E-state index is 0.0961. The standard InChI is InChI=1S/C25H24N4O3/c1-14-6-7-26-22(11-14)28-17(4)12-19(18(28)5)13-21-23(30)27-25(32)29(24(21)31)20-9-15(2)8-16(3)10-20/h6-13H,1-5H3,(H,27,30,32). The van der Waals surface area contributed by atoms with Crippen molar-refractivity contribution in [1.82, 2.24) is 14.9 Å². The van der Waals surface area contributed by atoms with E-state index >= 15 is 0 Å². The highest BCUT2D eigenvalue weighted by Gasteiger charge is 2.37. The molecule has 7 nitrogen and oxygen atoms in total. The number of nitrogens with zero attached hydrogens (tertiary/aromatic N) is 3. The maximum Gasteiger partial charge on any atom is 0.335 e. The van der Waals surface area contributed by atoms with Crippen LogP contribution < -0.4 is 10.2 Å². The largest absolute Gasteiger partial charge is 0.335 e. The Morgan fingerprint density at radius 1 is 0.875 bits per heavy atom. The van der Waals surface area contributed by atoms with Gasteiger partial charge in [-0.2, -0.15) is 0 Å². The zero-order chi connectivity index (χ0) is 23.2. The van der Waals surface area contributed by atoms with E-state index in [4.69, 9.17) is 0 Å². The number of aromatic nitrogens is 2. The summed E-state index contributed by atoms with van der Waals surface area (Å²) in [5.74, 6) is -0.600. The first-order valence-electron chi connectivity index (χ1n) is 10.3. The third kappa shape index (κ3) is 3.73. The van der Waals surface area contributed by atoms with Gasteiger partial charge in [0, 0.05) is 17.6 Å². The van der Waals surface area contributed by atoms with Gasteiger partial charge in [0.2, 0.25) is 0 Å². The first-order valence-corrected chi connectivity index (χ1v) is 10.3. The summed E-state index contributed by atoms with van der Waals surface area (Å²) >= 11 is 0. The SMILES string of the molecule is Cc1cc(C)cc(N2C(=O)NC(=O)C(=Cc3cc(C)n(-c4cc(C)ccn4)c3C)C2=O)c1. The number of hydrogen-bond acceptors (Lipinski definition) is 4. The van der Waals surface area contributed by atoms with Crippen LogP contribution in [-0.4, -0.2) is 27.4 Å². The second kappa shape index (κ2) is 7.92. The number of nitrogens with one attached hydrogen (secondary N) is 1. The summed E-state index contributed by atoms with van der Waals surface area (Å²) in [6.45, 7) is 9.61. The minimum Gasteiger partial charge on any atom is -0.303 e. The molecule has 4 rings (SSSR count). The van der Waals surface area contributed by atoms with Crippen LogP contribution >= 0.6 is 0 Å². The van der Waals surface area contributed by atoms with Crippen LogP contribution in [0.2, 0.25) is 0 Å². The van der Waals surface area contributed by atoms with Crippen molar-refractivity contribution in [1.29, 1.82) is 0 Å². The summed E-state index contributed by atoms with van der Waals surface area (Å²) in [5.41, 5.74) is 5.70. The van der Waals surface area contributed by atoms with E-state index in [1.165, 1.54) is 6.08 Å². The van der Waals surface area contributed by atoms with Crippen LogP contribution in [-0.2, 0) is 9.59 Å². The molecule has 0 spiro atoms. The fraction of sp³-hybridized carbons (Fsp3) is 0.200. The highest BCUT2D eigenvalue weighted by molar-refractivity contribution is 6.39. The fourth-order valence-corrected chi connectivity index (χ4v) is 4.06. The summed E-state index contributed by atoms with van der Waals surface area (Å²) in [4.78, 5) is 43.8. The number of imide groups is 2. The molecule has 1 N–H and O–H groups in total. The number of barbiturate groups is 1.